The summed E-state index contributed by atoms with van der Waals surface area (Å²) in [4.78, 5) is 0. The molecule has 106 valence electrons. The zero-order chi connectivity index (χ0) is 14.7. The molecule has 0 aliphatic rings. The second kappa shape index (κ2) is 6.35. The van der Waals surface area contributed by atoms with Crippen LogP contribution in [0.1, 0.15) is 11.1 Å². The SMILES string of the molecule is Cc1cc[n+](I(c2ccccc2)[n+]2ccc(C)cc2)cc1. The van der Waals surface area contributed by atoms with Gasteiger partial charge in [0, 0.05) is 0 Å². The van der Waals surface area contributed by atoms with E-state index in [1.807, 2.05) is 0 Å². The Bertz CT molecular complexity index is 661. The fourth-order valence-corrected chi connectivity index (χ4v) is 6.81. The van der Waals surface area contributed by atoms with Gasteiger partial charge in [-0.25, -0.2) is 0 Å². The van der Waals surface area contributed by atoms with E-state index in [9.17, 15) is 0 Å². The molecule has 0 radical (unpaired) electrons. The Morgan fingerprint density at radius 2 is 1.05 bits per heavy atom. The second-order valence-corrected chi connectivity index (χ2v) is 9.85. The monoisotopic (exact) mass is 390 g/mol. The maximum absolute atomic E-state index is 2.39. The van der Waals surface area contributed by atoms with E-state index in [2.05, 4.69) is 98.8 Å². The Kier molecular flexibility index (Phi) is 4.29. The molecule has 2 aromatic heterocycles. The normalized spacial score (nSPS) is 11.2. The molecule has 3 aromatic rings. The van der Waals surface area contributed by atoms with Crippen molar-refractivity contribution in [2.45, 2.75) is 13.8 Å². The van der Waals surface area contributed by atoms with Crippen LogP contribution in [0.5, 0.6) is 0 Å². The van der Waals surface area contributed by atoms with Gasteiger partial charge in [-0.15, -0.1) is 0 Å². The van der Waals surface area contributed by atoms with Gasteiger partial charge in [-0.2, -0.15) is 0 Å². The number of halogens is 1. The molecule has 3 rings (SSSR count). The van der Waals surface area contributed by atoms with Gasteiger partial charge in [0.25, 0.3) is 0 Å². The summed E-state index contributed by atoms with van der Waals surface area (Å²) in [6.07, 6.45) is 8.83. The molecule has 0 unspecified atom stereocenters. The van der Waals surface area contributed by atoms with Crippen molar-refractivity contribution >= 4 is 20.4 Å². The molecule has 0 atom stereocenters. The number of hydrogen-bond acceptors (Lipinski definition) is 0. The standard InChI is InChI=1S/C18H19IN2/c1-16-8-12-20(13-9-16)19(18-6-4-3-5-7-18)21-14-10-17(2)11-15-21/h3-15H,1-2H3/q+2. The predicted molar refractivity (Wildman–Crippen MR) is 92.7 cm³/mol. The molecule has 0 saturated carbocycles. The summed E-state index contributed by atoms with van der Waals surface area (Å²) in [5, 5.41) is 0. The summed E-state index contributed by atoms with van der Waals surface area (Å²) in [6, 6.07) is 19.5. The quantitative estimate of drug-likeness (QED) is 0.605. The summed E-state index contributed by atoms with van der Waals surface area (Å²) >= 11 is -1.73. The zero-order valence-electron chi connectivity index (χ0n) is 12.3. The first-order valence-electron chi connectivity index (χ1n) is 6.96. The first-order valence-corrected chi connectivity index (χ1v) is 9.97. The first kappa shape index (κ1) is 14.2. The first-order chi connectivity index (χ1) is 10.2. The zero-order valence-corrected chi connectivity index (χ0v) is 14.4. The van der Waals surface area contributed by atoms with Gasteiger partial charge in [0.15, 0.2) is 0 Å². The van der Waals surface area contributed by atoms with Crippen LogP contribution in [0.25, 0.3) is 0 Å². The summed E-state index contributed by atoms with van der Waals surface area (Å²) in [6.45, 7) is 4.26. The van der Waals surface area contributed by atoms with Crippen LogP contribution in [0.15, 0.2) is 79.4 Å². The minimum atomic E-state index is -1.73. The number of nitrogens with zero attached hydrogens (tertiary/aromatic N) is 2. The van der Waals surface area contributed by atoms with E-state index >= 15 is 0 Å². The van der Waals surface area contributed by atoms with Crippen LogP contribution in [-0.4, -0.2) is 0 Å². The van der Waals surface area contributed by atoms with E-state index in [1.54, 1.807) is 0 Å². The van der Waals surface area contributed by atoms with Crippen molar-refractivity contribution in [3.05, 3.63) is 94.1 Å². The number of pyridine rings is 2. The molecule has 1 aromatic carbocycles. The Hall–Kier alpha value is -1.75. The van der Waals surface area contributed by atoms with Gasteiger partial charge < -0.3 is 0 Å². The van der Waals surface area contributed by atoms with Crippen molar-refractivity contribution in [2.75, 3.05) is 0 Å². The van der Waals surface area contributed by atoms with E-state index in [0.717, 1.165) is 0 Å². The summed E-state index contributed by atoms with van der Waals surface area (Å²) in [5.74, 6) is 0. The van der Waals surface area contributed by atoms with Crippen LogP contribution in [0.4, 0.5) is 0 Å². The number of aromatic nitrogens is 2. The second-order valence-electron chi connectivity index (χ2n) is 4.98. The van der Waals surface area contributed by atoms with Crippen molar-refractivity contribution in [2.24, 2.45) is 0 Å². The molecule has 0 spiro atoms. The van der Waals surface area contributed by atoms with Gasteiger partial charge in [-0.05, 0) is 0 Å². The average molecular weight is 390 g/mol. The Morgan fingerprint density at radius 3 is 1.48 bits per heavy atom. The van der Waals surface area contributed by atoms with Crippen LogP contribution >= 0.6 is 20.4 Å². The van der Waals surface area contributed by atoms with Crippen molar-refractivity contribution < 1.29 is 5.56 Å². The molecular weight excluding hydrogens is 371 g/mol. The van der Waals surface area contributed by atoms with Gasteiger partial charge in [0.1, 0.15) is 0 Å². The van der Waals surface area contributed by atoms with Crippen LogP contribution in [0.2, 0.25) is 0 Å². The van der Waals surface area contributed by atoms with E-state index in [4.69, 9.17) is 0 Å². The van der Waals surface area contributed by atoms with Crippen molar-refractivity contribution in [1.82, 2.24) is 0 Å². The van der Waals surface area contributed by atoms with Gasteiger partial charge in [0.2, 0.25) is 0 Å². The fourth-order valence-electron chi connectivity index (χ4n) is 2.03. The molecule has 0 bridgehead atoms. The number of aryl methyl sites for hydroxylation is 2. The third-order valence-electron chi connectivity index (χ3n) is 3.22. The molecule has 0 fully saturated rings. The van der Waals surface area contributed by atoms with Gasteiger partial charge in [-0.1, -0.05) is 0 Å². The Labute approximate surface area is 133 Å². The molecule has 2 heterocycles. The number of rotatable bonds is 3. The maximum atomic E-state index is 2.39. The summed E-state index contributed by atoms with van der Waals surface area (Å²) in [5.41, 5.74) is 2.59. The summed E-state index contributed by atoms with van der Waals surface area (Å²) < 4.78 is 6.20. The molecule has 0 aliphatic carbocycles. The molecule has 0 amide bonds. The van der Waals surface area contributed by atoms with Crippen LogP contribution in [-0.2, 0) is 0 Å². The van der Waals surface area contributed by atoms with Gasteiger partial charge in [-0.3, -0.25) is 0 Å². The van der Waals surface area contributed by atoms with Crippen LogP contribution < -0.4 is 5.56 Å². The van der Waals surface area contributed by atoms with Crippen LogP contribution in [0.3, 0.4) is 0 Å². The van der Waals surface area contributed by atoms with E-state index < -0.39 is 20.4 Å². The van der Waals surface area contributed by atoms with Crippen LogP contribution in [0, 0.1) is 17.4 Å². The molecule has 21 heavy (non-hydrogen) atoms. The van der Waals surface area contributed by atoms with E-state index in [-0.39, 0.29) is 0 Å². The molecule has 2 nitrogen and oxygen atoms in total. The van der Waals surface area contributed by atoms with Crippen molar-refractivity contribution in [1.29, 1.82) is 0 Å². The summed E-state index contributed by atoms with van der Waals surface area (Å²) in [7, 11) is 0. The number of hydrogen-bond donors (Lipinski definition) is 0. The van der Waals surface area contributed by atoms with E-state index in [1.165, 1.54) is 14.7 Å². The van der Waals surface area contributed by atoms with Crippen molar-refractivity contribution in [3.8, 4) is 0 Å². The minimum absolute atomic E-state index is 1.30. The number of benzene rings is 1. The molecule has 3 heteroatoms. The molecule has 0 aliphatic heterocycles. The van der Waals surface area contributed by atoms with Gasteiger partial charge in [0.05, 0.1) is 0 Å². The van der Waals surface area contributed by atoms with Crippen molar-refractivity contribution in [3.63, 3.8) is 0 Å². The molecule has 0 saturated heterocycles. The topological polar surface area (TPSA) is 7.76 Å². The van der Waals surface area contributed by atoms with Gasteiger partial charge >= 0.3 is 134 Å². The average Bonchev–Trinajstić information content (AvgIpc) is 2.52. The fraction of sp³-hybridized carbons (Fsp3) is 0.111. The Balaban J connectivity index is 2.11. The molecular formula is C18H19IN2+2. The molecule has 0 N–H and O–H groups in total. The van der Waals surface area contributed by atoms with E-state index in [0.29, 0.717) is 0 Å². The third kappa shape index (κ3) is 3.29. The predicted octanol–water partition coefficient (Wildman–Crippen LogP) is 3.48. The third-order valence-corrected chi connectivity index (χ3v) is 8.45. The Morgan fingerprint density at radius 1 is 0.619 bits per heavy atom.